The second-order valence-corrected chi connectivity index (χ2v) is 6.12. The molecule has 1 atom stereocenters. The lowest BCUT2D eigenvalue weighted by atomic mass is 10.1. The highest BCUT2D eigenvalue weighted by molar-refractivity contribution is 5.83. The molecule has 0 spiro atoms. The highest BCUT2D eigenvalue weighted by atomic mass is 16.3. The van der Waals surface area contributed by atoms with E-state index in [2.05, 4.69) is 11.9 Å². The van der Waals surface area contributed by atoms with Crippen LogP contribution >= 0.6 is 0 Å². The zero-order chi connectivity index (χ0) is 17.1. The summed E-state index contributed by atoms with van der Waals surface area (Å²) >= 11 is 0. The van der Waals surface area contributed by atoms with Crippen LogP contribution in [-0.2, 0) is 7.05 Å². The number of fused-ring (bicyclic) bond motifs is 1. The van der Waals surface area contributed by atoms with E-state index in [1.807, 2.05) is 41.1 Å². The van der Waals surface area contributed by atoms with Gasteiger partial charge in [-0.05, 0) is 23.9 Å². The molecule has 0 aliphatic carbocycles. The van der Waals surface area contributed by atoms with Crippen LogP contribution in [0.25, 0.3) is 22.3 Å². The Bertz CT molecular complexity index is 895. The van der Waals surface area contributed by atoms with Gasteiger partial charge in [-0.1, -0.05) is 38.0 Å². The standard InChI is InChI=1S/C19H23N3O2/c1-3-4-8-15(13-23)22-11-10-20-18(22)16-12-14-7-5-6-9-17(14)21(2)19(16)24/h5-7,9-12,15,23H,3-4,8,13H2,1-2H3. The lowest BCUT2D eigenvalue weighted by molar-refractivity contribution is 0.219. The fraction of sp³-hybridized carbons (Fsp3) is 0.368. The van der Waals surface area contributed by atoms with Crippen LogP contribution in [-0.4, -0.2) is 25.8 Å². The monoisotopic (exact) mass is 325 g/mol. The van der Waals surface area contributed by atoms with Crippen molar-refractivity contribution in [2.75, 3.05) is 6.61 Å². The van der Waals surface area contributed by atoms with Crippen molar-refractivity contribution in [3.05, 3.63) is 53.1 Å². The Hall–Kier alpha value is -2.40. The lowest BCUT2D eigenvalue weighted by Crippen LogP contribution is -2.22. The zero-order valence-electron chi connectivity index (χ0n) is 14.1. The number of para-hydroxylation sites is 1. The summed E-state index contributed by atoms with van der Waals surface area (Å²) in [7, 11) is 1.78. The number of hydrogen-bond acceptors (Lipinski definition) is 3. The van der Waals surface area contributed by atoms with Crippen LogP contribution in [0.3, 0.4) is 0 Å². The number of imidazole rings is 1. The Kier molecular flexibility index (Phi) is 4.81. The quantitative estimate of drug-likeness (QED) is 0.757. The topological polar surface area (TPSA) is 60.0 Å². The molecule has 0 saturated carbocycles. The third-order valence-electron chi connectivity index (χ3n) is 4.54. The highest BCUT2D eigenvalue weighted by Gasteiger charge is 2.18. The highest BCUT2D eigenvalue weighted by Crippen LogP contribution is 2.24. The summed E-state index contributed by atoms with van der Waals surface area (Å²) in [4.78, 5) is 17.2. The summed E-state index contributed by atoms with van der Waals surface area (Å²) in [5.41, 5.74) is 1.39. The molecule has 2 heterocycles. The summed E-state index contributed by atoms with van der Waals surface area (Å²) in [5.74, 6) is 0.622. The fourth-order valence-electron chi connectivity index (χ4n) is 3.16. The van der Waals surface area contributed by atoms with Crippen LogP contribution in [0.4, 0.5) is 0 Å². The first-order valence-electron chi connectivity index (χ1n) is 8.40. The van der Waals surface area contributed by atoms with Gasteiger partial charge in [-0.3, -0.25) is 4.79 Å². The Balaban J connectivity index is 2.14. The number of aryl methyl sites for hydroxylation is 1. The number of aliphatic hydroxyl groups excluding tert-OH is 1. The Morgan fingerprint density at radius 3 is 2.83 bits per heavy atom. The van der Waals surface area contributed by atoms with E-state index in [4.69, 9.17) is 0 Å². The van der Waals surface area contributed by atoms with Gasteiger partial charge in [0.25, 0.3) is 5.56 Å². The lowest BCUT2D eigenvalue weighted by Gasteiger charge is -2.19. The van der Waals surface area contributed by atoms with Crippen molar-refractivity contribution in [1.82, 2.24) is 14.1 Å². The molecule has 0 aliphatic heterocycles. The molecule has 5 nitrogen and oxygen atoms in total. The van der Waals surface area contributed by atoms with Crippen molar-refractivity contribution in [1.29, 1.82) is 0 Å². The molecular formula is C19H23N3O2. The van der Waals surface area contributed by atoms with E-state index in [1.165, 1.54) is 0 Å². The summed E-state index contributed by atoms with van der Waals surface area (Å²) < 4.78 is 3.59. The van der Waals surface area contributed by atoms with Gasteiger partial charge in [0.05, 0.1) is 23.7 Å². The van der Waals surface area contributed by atoms with Gasteiger partial charge in [0.2, 0.25) is 0 Å². The number of benzene rings is 1. The van der Waals surface area contributed by atoms with E-state index in [9.17, 15) is 9.90 Å². The Morgan fingerprint density at radius 2 is 2.08 bits per heavy atom. The maximum Gasteiger partial charge on any atom is 0.261 e. The molecule has 0 radical (unpaired) electrons. The predicted octanol–water partition coefficient (Wildman–Crippen LogP) is 3.13. The van der Waals surface area contributed by atoms with Crippen molar-refractivity contribution in [2.24, 2.45) is 7.05 Å². The van der Waals surface area contributed by atoms with Gasteiger partial charge in [-0.15, -0.1) is 0 Å². The second-order valence-electron chi connectivity index (χ2n) is 6.12. The number of aliphatic hydroxyl groups is 1. The smallest absolute Gasteiger partial charge is 0.261 e. The molecule has 0 aliphatic rings. The van der Waals surface area contributed by atoms with Crippen molar-refractivity contribution in [2.45, 2.75) is 32.2 Å². The summed E-state index contributed by atoms with van der Waals surface area (Å²) in [6.07, 6.45) is 6.50. The first-order chi connectivity index (χ1) is 11.7. The first-order valence-corrected chi connectivity index (χ1v) is 8.40. The summed E-state index contributed by atoms with van der Waals surface area (Å²) in [6, 6.07) is 9.65. The normalized spacial score (nSPS) is 12.6. The van der Waals surface area contributed by atoms with Crippen LogP contribution in [0, 0.1) is 0 Å². The second kappa shape index (κ2) is 7.01. The Morgan fingerprint density at radius 1 is 1.29 bits per heavy atom. The molecule has 3 aromatic rings. The first kappa shape index (κ1) is 16.5. The van der Waals surface area contributed by atoms with E-state index >= 15 is 0 Å². The van der Waals surface area contributed by atoms with Crippen LogP contribution in [0.5, 0.6) is 0 Å². The molecule has 3 rings (SSSR count). The largest absolute Gasteiger partial charge is 0.394 e. The van der Waals surface area contributed by atoms with Gasteiger partial charge in [0, 0.05) is 19.4 Å². The molecule has 5 heteroatoms. The van der Waals surface area contributed by atoms with E-state index in [1.54, 1.807) is 17.8 Å². The minimum atomic E-state index is -0.0756. The van der Waals surface area contributed by atoms with E-state index < -0.39 is 0 Å². The number of unbranched alkanes of at least 4 members (excludes halogenated alkanes) is 1. The molecule has 0 bridgehead atoms. The predicted molar refractivity (Wildman–Crippen MR) is 96.1 cm³/mol. The average Bonchev–Trinajstić information content (AvgIpc) is 3.08. The van der Waals surface area contributed by atoms with Crippen LogP contribution < -0.4 is 5.56 Å². The number of pyridine rings is 1. The minimum absolute atomic E-state index is 0.0389. The average molecular weight is 325 g/mol. The Labute approximate surface area is 141 Å². The number of rotatable bonds is 6. The van der Waals surface area contributed by atoms with Gasteiger partial charge in [-0.2, -0.15) is 0 Å². The van der Waals surface area contributed by atoms with Gasteiger partial charge < -0.3 is 14.2 Å². The molecule has 0 amide bonds. The maximum atomic E-state index is 12.8. The molecule has 24 heavy (non-hydrogen) atoms. The molecule has 2 aromatic heterocycles. The number of hydrogen-bond donors (Lipinski definition) is 1. The van der Waals surface area contributed by atoms with Gasteiger partial charge in [0.1, 0.15) is 5.82 Å². The molecule has 1 unspecified atom stereocenters. The molecular weight excluding hydrogens is 302 g/mol. The molecule has 1 aromatic carbocycles. The minimum Gasteiger partial charge on any atom is -0.394 e. The van der Waals surface area contributed by atoms with E-state index in [0.717, 1.165) is 30.2 Å². The molecule has 126 valence electrons. The van der Waals surface area contributed by atoms with E-state index in [0.29, 0.717) is 11.4 Å². The van der Waals surface area contributed by atoms with E-state index in [-0.39, 0.29) is 18.2 Å². The van der Waals surface area contributed by atoms with Gasteiger partial charge >= 0.3 is 0 Å². The molecule has 1 N–H and O–H groups in total. The van der Waals surface area contributed by atoms with Crippen molar-refractivity contribution in [3.8, 4) is 11.4 Å². The van der Waals surface area contributed by atoms with Crippen LogP contribution in [0.1, 0.15) is 32.2 Å². The van der Waals surface area contributed by atoms with Crippen molar-refractivity contribution in [3.63, 3.8) is 0 Å². The third kappa shape index (κ3) is 2.87. The SMILES string of the molecule is CCCCC(CO)n1ccnc1-c1cc2ccccc2n(C)c1=O. The van der Waals surface area contributed by atoms with Gasteiger partial charge in [-0.25, -0.2) is 4.98 Å². The summed E-state index contributed by atoms with van der Waals surface area (Å²) in [5, 5.41) is 10.8. The molecule has 0 saturated heterocycles. The van der Waals surface area contributed by atoms with Crippen molar-refractivity contribution < 1.29 is 5.11 Å². The van der Waals surface area contributed by atoms with Crippen LogP contribution in [0.2, 0.25) is 0 Å². The van der Waals surface area contributed by atoms with Crippen molar-refractivity contribution >= 4 is 10.9 Å². The molecule has 0 fully saturated rings. The fourth-order valence-corrected chi connectivity index (χ4v) is 3.16. The number of nitrogens with zero attached hydrogens (tertiary/aromatic N) is 3. The van der Waals surface area contributed by atoms with Gasteiger partial charge in [0.15, 0.2) is 0 Å². The number of aromatic nitrogens is 3. The maximum absolute atomic E-state index is 12.8. The summed E-state index contributed by atoms with van der Waals surface area (Å²) in [6.45, 7) is 2.17. The van der Waals surface area contributed by atoms with Crippen LogP contribution in [0.15, 0.2) is 47.5 Å². The third-order valence-corrected chi connectivity index (χ3v) is 4.54. The zero-order valence-corrected chi connectivity index (χ0v) is 14.1.